The van der Waals surface area contributed by atoms with Crippen molar-refractivity contribution in [2.45, 2.75) is 45.6 Å². The van der Waals surface area contributed by atoms with E-state index in [2.05, 4.69) is 17.4 Å². The average molecular weight is 380 g/mol. The molecular formula is C23H28N2O3. The van der Waals surface area contributed by atoms with Crippen LogP contribution in [0.1, 0.15) is 37.3 Å². The fourth-order valence-corrected chi connectivity index (χ4v) is 3.40. The third kappa shape index (κ3) is 5.35. The molecule has 1 N–H and O–H groups in total. The highest BCUT2D eigenvalue weighted by molar-refractivity contribution is 5.98. The van der Waals surface area contributed by atoms with E-state index in [1.54, 1.807) is 4.90 Å². The van der Waals surface area contributed by atoms with Crippen LogP contribution in [-0.2, 0) is 16.0 Å². The summed E-state index contributed by atoms with van der Waals surface area (Å²) in [6, 6.07) is 16.2. The van der Waals surface area contributed by atoms with Crippen molar-refractivity contribution in [1.82, 2.24) is 5.32 Å². The van der Waals surface area contributed by atoms with Gasteiger partial charge < -0.3 is 15.0 Å². The lowest BCUT2D eigenvalue weighted by atomic mass is 10.1. The van der Waals surface area contributed by atoms with E-state index >= 15 is 0 Å². The SMILES string of the molecule is Cc1ccc2c(c1)N(CCCC(=O)N[C@@H](C)CCc1ccccc1)C(=O)CO2. The number of carbonyl (C=O) groups is 2. The molecule has 2 aromatic rings. The number of hydrogen-bond donors (Lipinski definition) is 1. The number of rotatable bonds is 8. The average Bonchev–Trinajstić information content (AvgIpc) is 2.69. The van der Waals surface area contributed by atoms with Crippen LogP contribution in [0, 0.1) is 6.92 Å². The van der Waals surface area contributed by atoms with Gasteiger partial charge in [-0.15, -0.1) is 0 Å². The number of hydrogen-bond acceptors (Lipinski definition) is 3. The van der Waals surface area contributed by atoms with Crippen molar-refractivity contribution in [3.63, 3.8) is 0 Å². The molecule has 0 radical (unpaired) electrons. The van der Waals surface area contributed by atoms with Gasteiger partial charge >= 0.3 is 0 Å². The van der Waals surface area contributed by atoms with E-state index in [1.807, 2.05) is 50.2 Å². The molecule has 148 valence electrons. The minimum atomic E-state index is -0.0604. The van der Waals surface area contributed by atoms with Crippen LogP contribution in [0.15, 0.2) is 48.5 Å². The Labute approximate surface area is 166 Å². The fourth-order valence-electron chi connectivity index (χ4n) is 3.40. The second-order valence-electron chi connectivity index (χ2n) is 7.40. The van der Waals surface area contributed by atoms with E-state index in [0.29, 0.717) is 19.4 Å². The second kappa shape index (κ2) is 9.40. The molecule has 1 aliphatic heterocycles. The quantitative estimate of drug-likeness (QED) is 0.761. The summed E-state index contributed by atoms with van der Waals surface area (Å²) in [4.78, 5) is 26.2. The van der Waals surface area contributed by atoms with Crippen LogP contribution in [0.2, 0.25) is 0 Å². The number of aryl methyl sites for hydroxylation is 2. The Morgan fingerprint density at radius 3 is 2.79 bits per heavy atom. The summed E-state index contributed by atoms with van der Waals surface area (Å²) >= 11 is 0. The molecule has 1 atom stereocenters. The monoisotopic (exact) mass is 380 g/mol. The van der Waals surface area contributed by atoms with E-state index in [0.717, 1.165) is 29.8 Å². The summed E-state index contributed by atoms with van der Waals surface area (Å²) in [5.74, 6) is 0.699. The van der Waals surface area contributed by atoms with E-state index in [9.17, 15) is 9.59 Å². The van der Waals surface area contributed by atoms with Crippen LogP contribution in [0.25, 0.3) is 0 Å². The smallest absolute Gasteiger partial charge is 0.265 e. The first-order valence-corrected chi connectivity index (χ1v) is 9.90. The molecule has 5 nitrogen and oxygen atoms in total. The van der Waals surface area contributed by atoms with Crippen LogP contribution in [0.3, 0.4) is 0 Å². The molecule has 0 spiro atoms. The van der Waals surface area contributed by atoms with Crippen molar-refractivity contribution in [1.29, 1.82) is 0 Å². The summed E-state index contributed by atoms with van der Waals surface area (Å²) in [7, 11) is 0. The fraction of sp³-hybridized carbons (Fsp3) is 0.391. The topological polar surface area (TPSA) is 58.6 Å². The molecule has 0 saturated heterocycles. The number of fused-ring (bicyclic) bond motifs is 1. The Morgan fingerprint density at radius 1 is 1.21 bits per heavy atom. The number of nitrogens with one attached hydrogen (secondary N) is 1. The van der Waals surface area contributed by atoms with Gasteiger partial charge in [-0.1, -0.05) is 36.4 Å². The summed E-state index contributed by atoms with van der Waals surface area (Å²) < 4.78 is 5.49. The number of ether oxygens (including phenoxy) is 1. The highest BCUT2D eigenvalue weighted by atomic mass is 16.5. The van der Waals surface area contributed by atoms with Crippen molar-refractivity contribution in [2.75, 3.05) is 18.1 Å². The molecule has 2 aromatic carbocycles. The van der Waals surface area contributed by atoms with Crippen LogP contribution >= 0.6 is 0 Å². The molecule has 1 aliphatic rings. The first-order chi connectivity index (χ1) is 13.5. The van der Waals surface area contributed by atoms with Gasteiger partial charge in [0.25, 0.3) is 5.91 Å². The number of amides is 2. The van der Waals surface area contributed by atoms with Crippen molar-refractivity contribution < 1.29 is 14.3 Å². The predicted molar refractivity (Wildman–Crippen MR) is 111 cm³/mol. The zero-order chi connectivity index (χ0) is 19.9. The lowest BCUT2D eigenvalue weighted by Crippen LogP contribution is -2.40. The number of nitrogens with zero attached hydrogens (tertiary/aromatic N) is 1. The molecule has 5 heteroatoms. The Balaban J connectivity index is 1.44. The maximum atomic E-state index is 12.2. The number of carbonyl (C=O) groups excluding carboxylic acids is 2. The van der Waals surface area contributed by atoms with Gasteiger partial charge in [0, 0.05) is 19.0 Å². The van der Waals surface area contributed by atoms with Crippen molar-refractivity contribution in [3.8, 4) is 5.75 Å². The molecule has 3 rings (SSSR count). The standard InChI is InChI=1S/C23H28N2O3/c1-17-10-13-21-20(15-17)25(23(27)16-28-21)14-6-9-22(26)24-18(2)11-12-19-7-4-3-5-8-19/h3-5,7-8,10,13,15,18H,6,9,11-12,14,16H2,1-2H3,(H,24,26)/t18-/m0/s1. The van der Waals surface area contributed by atoms with E-state index in [-0.39, 0.29) is 24.5 Å². The maximum absolute atomic E-state index is 12.2. The molecule has 0 aliphatic carbocycles. The molecule has 0 unspecified atom stereocenters. The molecular weight excluding hydrogens is 352 g/mol. The van der Waals surface area contributed by atoms with E-state index in [1.165, 1.54) is 5.56 Å². The summed E-state index contributed by atoms with van der Waals surface area (Å²) in [6.07, 6.45) is 2.88. The molecule has 1 heterocycles. The Kier molecular flexibility index (Phi) is 6.69. The van der Waals surface area contributed by atoms with Gasteiger partial charge in [-0.05, 0) is 56.4 Å². The molecule has 0 aromatic heterocycles. The molecule has 28 heavy (non-hydrogen) atoms. The van der Waals surface area contributed by atoms with Crippen LogP contribution in [0.5, 0.6) is 5.75 Å². The van der Waals surface area contributed by atoms with Crippen LogP contribution in [0.4, 0.5) is 5.69 Å². The van der Waals surface area contributed by atoms with E-state index in [4.69, 9.17) is 4.74 Å². The highest BCUT2D eigenvalue weighted by Crippen LogP contribution is 2.32. The lowest BCUT2D eigenvalue weighted by molar-refractivity contribution is -0.123. The van der Waals surface area contributed by atoms with Crippen LogP contribution in [-0.4, -0.2) is 31.0 Å². The third-order valence-corrected chi connectivity index (χ3v) is 4.96. The third-order valence-electron chi connectivity index (χ3n) is 4.96. The zero-order valence-corrected chi connectivity index (χ0v) is 16.6. The highest BCUT2D eigenvalue weighted by Gasteiger charge is 2.25. The molecule has 0 fully saturated rings. The normalized spacial score (nSPS) is 14.2. The second-order valence-corrected chi connectivity index (χ2v) is 7.40. The Hall–Kier alpha value is -2.82. The maximum Gasteiger partial charge on any atom is 0.265 e. The summed E-state index contributed by atoms with van der Waals surface area (Å²) in [5.41, 5.74) is 3.16. The molecule has 0 bridgehead atoms. The number of benzene rings is 2. The zero-order valence-electron chi connectivity index (χ0n) is 16.6. The minimum Gasteiger partial charge on any atom is -0.482 e. The van der Waals surface area contributed by atoms with Gasteiger partial charge in [0.05, 0.1) is 5.69 Å². The van der Waals surface area contributed by atoms with Crippen molar-refractivity contribution in [2.24, 2.45) is 0 Å². The first-order valence-electron chi connectivity index (χ1n) is 9.90. The van der Waals surface area contributed by atoms with Gasteiger partial charge in [0.2, 0.25) is 5.91 Å². The molecule has 2 amide bonds. The minimum absolute atomic E-state index is 0.0331. The van der Waals surface area contributed by atoms with E-state index < -0.39 is 0 Å². The van der Waals surface area contributed by atoms with Crippen LogP contribution < -0.4 is 15.0 Å². The van der Waals surface area contributed by atoms with Gasteiger partial charge in [0.15, 0.2) is 6.61 Å². The summed E-state index contributed by atoms with van der Waals surface area (Å²) in [6.45, 7) is 4.59. The first kappa shape index (κ1) is 19.9. The Bertz CT molecular complexity index is 820. The number of anilines is 1. The van der Waals surface area contributed by atoms with Crippen molar-refractivity contribution >= 4 is 17.5 Å². The van der Waals surface area contributed by atoms with Gasteiger partial charge in [-0.25, -0.2) is 0 Å². The predicted octanol–water partition coefficient (Wildman–Crippen LogP) is 3.64. The lowest BCUT2D eigenvalue weighted by Gasteiger charge is -2.29. The van der Waals surface area contributed by atoms with Gasteiger partial charge in [-0.3, -0.25) is 9.59 Å². The van der Waals surface area contributed by atoms with Gasteiger partial charge in [0.1, 0.15) is 5.75 Å². The summed E-state index contributed by atoms with van der Waals surface area (Å²) in [5, 5.41) is 3.06. The Morgan fingerprint density at radius 2 is 2.00 bits per heavy atom. The molecule has 0 saturated carbocycles. The van der Waals surface area contributed by atoms with Crippen molar-refractivity contribution in [3.05, 3.63) is 59.7 Å². The largest absolute Gasteiger partial charge is 0.482 e. The van der Waals surface area contributed by atoms with Gasteiger partial charge in [-0.2, -0.15) is 0 Å².